The fourth-order valence-electron chi connectivity index (χ4n) is 4.34. The minimum absolute atomic E-state index is 0.0775. The second kappa shape index (κ2) is 9.43. The number of nitrogens with zero attached hydrogens (tertiary/aromatic N) is 1. The van der Waals surface area contributed by atoms with Gasteiger partial charge in [-0.15, -0.1) is 0 Å². The molecule has 1 aliphatic heterocycles. The van der Waals surface area contributed by atoms with Crippen LogP contribution in [-0.4, -0.2) is 35.9 Å². The Kier molecular flexibility index (Phi) is 6.41. The van der Waals surface area contributed by atoms with E-state index in [0.717, 1.165) is 22.3 Å². The van der Waals surface area contributed by atoms with Gasteiger partial charge in [0.15, 0.2) is 0 Å². The molecule has 6 heteroatoms. The van der Waals surface area contributed by atoms with Crippen LogP contribution in [0.2, 0.25) is 0 Å². The van der Waals surface area contributed by atoms with Crippen LogP contribution in [0, 0.1) is 13.8 Å². The van der Waals surface area contributed by atoms with Gasteiger partial charge in [0, 0.05) is 12.1 Å². The molecule has 34 heavy (non-hydrogen) atoms. The average Bonchev–Trinajstić information content (AvgIpc) is 3.09. The van der Waals surface area contributed by atoms with E-state index in [0.29, 0.717) is 17.1 Å². The first-order valence-corrected chi connectivity index (χ1v) is 11.0. The molecular formula is C28H27NO5. The molecule has 0 aliphatic carbocycles. The maximum atomic E-state index is 13.2. The number of ether oxygens (including phenoxy) is 2. The fraction of sp³-hybridized carbons (Fsp3) is 0.214. The maximum Gasteiger partial charge on any atom is 0.295 e. The lowest BCUT2D eigenvalue weighted by Crippen LogP contribution is -2.29. The third kappa shape index (κ3) is 4.27. The summed E-state index contributed by atoms with van der Waals surface area (Å²) < 4.78 is 10.5. The zero-order valence-electron chi connectivity index (χ0n) is 19.7. The third-order valence-corrected chi connectivity index (χ3v) is 6.08. The number of aryl methyl sites for hydroxylation is 2. The second-order valence-corrected chi connectivity index (χ2v) is 8.37. The van der Waals surface area contributed by atoms with E-state index < -0.39 is 17.7 Å². The first-order valence-electron chi connectivity index (χ1n) is 11.0. The summed E-state index contributed by atoms with van der Waals surface area (Å²) in [6, 6.07) is 19.4. The molecule has 0 aromatic heterocycles. The van der Waals surface area contributed by atoms with Crippen LogP contribution in [0.25, 0.3) is 5.76 Å². The number of hydrogen-bond acceptors (Lipinski definition) is 5. The molecule has 6 nitrogen and oxygen atoms in total. The molecule has 3 aromatic carbocycles. The van der Waals surface area contributed by atoms with Crippen molar-refractivity contribution < 1.29 is 24.2 Å². The van der Waals surface area contributed by atoms with Gasteiger partial charge in [-0.1, -0.05) is 42.0 Å². The molecule has 1 unspecified atom stereocenters. The number of aliphatic hydroxyl groups is 1. The van der Waals surface area contributed by atoms with Crippen molar-refractivity contribution in [2.45, 2.75) is 26.4 Å². The number of benzene rings is 3. The van der Waals surface area contributed by atoms with Crippen molar-refractivity contribution in [3.05, 3.63) is 100 Å². The molecule has 4 rings (SSSR count). The average molecular weight is 458 g/mol. The highest BCUT2D eigenvalue weighted by Crippen LogP contribution is 2.41. The summed E-state index contributed by atoms with van der Waals surface area (Å²) in [5.41, 5.74) is 3.95. The van der Waals surface area contributed by atoms with Crippen LogP contribution in [0.5, 0.6) is 11.5 Å². The van der Waals surface area contributed by atoms with E-state index in [2.05, 4.69) is 0 Å². The molecule has 174 valence electrons. The van der Waals surface area contributed by atoms with Crippen LogP contribution in [0.4, 0.5) is 0 Å². The molecule has 1 N–H and O–H groups in total. The Morgan fingerprint density at radius 1 is 0.941 bits per heavy atom. The van der Waals surface area contributed by atoms with Crippen molar-refractivity contribution in [2.24, 2.45) is 0 Å². The Labute approximate surface area is 199 Å². The number of hydrogen-bond donors (Lipinski definition) is 1. The number of rotatable bonds is 6. The van der Waals surface area contributed by atoms with Gasteiger partial charge in [0.1, 0.15) is 17.3 Å². The van der Waals surface area contributed by atoms with Gasteiger partial charge in [-0.25, -0.2) is 0 Å². The van der Waals surface area contributed by atoms with E-state index in [1.165, 1.54) is 4.90 Å². The number of carbonyl (C=O) groups is 2. The van der Waals surface area contributed by atoms with Crippen LogP contribution in [0.1, 0.15) is 33.9 Å². The molecule has 0 spiro atoms. The fourth-order valence-corrected chi connectivity index (χ4v) is 4.34. The molecule has 1 saturated heterocycles. The lowest BCUT2D eigenvalue weighted by atomic mass is 9.94. The Morgan fingerprint density at radius 2 is 1.68 bits per heavy atom. The normalized spacial score (nSPS) is 17.2. The summed E-state index contributed by atoms with van der Waals surface area (Å²) in [4.78, 5) is 28.0. The van der Waals surface area contributed by atoms with E-state index in [1.54, 1.807) is 32.4 Å². The first-order chi connectivity index (χ1) is 16.3. The third-order valence-electron chi connectivity index (χ3n) is 6.08. The minimum atomic E-state index is -0.718. The standard InChI is InChI=1S/C28H27NO5/c1-17-6-5-7-20(14-17)25-24(26(30)21-10-13-23(34-4)18(2)15-21)27(31)28(32)29(25)16-19-8-11-22(33-3)12-9-19/h5-15,25,30H,16H2,1-4H3/b26-24-. The minimum Gasteiger partial charge on any atom is -0.507 e. The quantitative estimate of drug-likeness (QED) is 0.322. The van der Waals surface area contributed by atoms with Crippen molar-refractivity contribution in [3.63, 3.8) is 0 Å². The molecule has 0 bridgehead atoms. The molecule has 1 fully saturated rings. The summed E-state index contributed by atoms with van der Waals surface area (Å²) >= 11 is 0. The zero-order valence-corrected chi connectivity index (χ0v) is 19.7. The predicted molar refractivity (Wildman–Crippen MR) is 130 cm³/mol. The number of amides is 1. The highest BCUT2D eigenvalue weighted by molar-refractivity contribution is 6.46. The summed E-state index contributed by atoms with van der Waals surface area (Å²) in [5.74, 6) is -0.171. The predicted octanol–water partition coefficient (Wildman–Crippen LogP) is 4.94. The van der Waals surface area contributed by atoms with E-state index >= 15 is 0 Å². The molecule has 1 aliphatic rings. The number of aliphatic hydroxyl groups excluding tert-OH is 1. The topological polar surface area (TPSA) is 76.1 Å². The summed E-state index contributed by atoms with van der Waals surface area (Å²) in [6.45, 7) is 4.02. The van der Waals surface area contributed by atoms with Crippen LogP contribution < -0.4 is 9.47 Å². The molecular weight excluding hydrogens is 430 g/mol. The van der Waals surface area contributed by atoms with Gasteiger partial charge >= 0.3 is 0 Å². The van der Waals surface area contributed by atoms with E-state index in [1.807, 2.05) is 62.4 Å². The van der Waals surface area contributed by atoms with Gasteiger partial charge in [-0.05, 0) is 60.9 Å². The number of carbonyl (C=O) groups excluding carboxylic acids is 2. The van der Waals surface area contributed by atoms with Crippen molar-refractivity contribution in [2.75, 3.05) is 14.2 Å². The van der Waals surface area contributed by atoms with Crippen molar-refractivity contribution in [1.82, 2.24) is 4.90 Å². The zero-order chi connectivity index (χ0) is 24.4. The smallest absolute Gasteiger partial charge is 0.295 e. The van der Waals surface area contributed by atoms with E-state index in [4.69, 9.17) is 9.47 Å². The lowest BCUT2D eigenvalue weighted by molar-refractivity contribution is -0.140. The number of likely N-dealkylation sites (tertiary alicyclic amines) is 1. The summed E-state index contributed by atoms with van der Waals surface area (Å²) in [7, 11) is 3.16. The van der Waals surface area contributed by atoms with Crippen LogP contribution in [-0.2, 0) is 16.1 Å². The molecule has 0 saturated carbocycles. The molecule has 1 amide bonds. The van der Waals surface area contributed by atoms with Gasteiger partial charge in [-0.2, -0.15) is 0 Å². The van der Waals surface area contributed by atoms with Crippen LogP contribution in [0.3, 0.4) is 0 Å². The highest BCUT2D eigenvalue weighted by Gasteiger charge is 2.46. The van der Waals surface area contributed by atoms with Gasteiger partial charge in [0.05, 0.1) is 25.8 Å². The first kappa shape index (κ1) is 23.1. The Balaban J connectivity index is 1.84. The van der Waals surface area contributed by atoms with Crippen molar-refractivity contribution in [3.8, 4) is 11.5 Å². The van der Waals surface area contributed by atoms with Crippen molar-refractivity contribution in [1.29, 1.82) is 0 Å². The highest BCUT2D eigenvalue weighted by atomic mass is 16.5. The Hall–Kier alpha value is -4.06. The summed E-state index contributed by atoms with van der Waals surface area (Å²) in [5, 5.41) is 11.3. The molecule has 1 atom stereocenters. The van der Waals surface area contributed by atoms with Crippen LogP contribution in [0.15, 0.2) is 72.3 Å². The number of methoxy groups -OCH3 is 2. The monoisotopic (exact) mass is 457 g/mol. The van der Waals surface area contributed by atoms with Crippen LogP contribution >= 0.6 is 0 Å². The molecule has 0 radical (unpaired) electrons. The van der Waals surface area contributed by atoms with E-state index in [-0.39, 0.29) is 17.9 Å². The molecule has 1 heterocycles. The lowest BCUT2D eigenvalue weighted by Gasteiger charge is -2.26. The van der Waals surface area contributed by atoms with E-state index in [9.17, 15) is 14.7 Å². The molecule has 3 aromatic rings. The van der Waals surface area contributed by atoms with Gasteiger partial charge in [0.2, 0.25) is 0 Å². The van der Waals surface area contributed by atoms with Gasteiger partial charge in [0.25, 0.3) is 11.7 Å². The van der Waals surface area contributed by atoms with Gasteiger partial charge in [-0.3, -0.25) is 9.59 Å². The Morgan fingerprint density at radius 3 is 2.29 bits per heavy atom. The van der Waals surface area contributed by atoms with Gasteiger partial charge < -0.3 is 19.5 Å². The SMILES string of the molecule is COc1ccc(CN2C(=O)C(=O)/C(=C(\O)c3ccc(OC)c(C)c3)C2c2cccc(C)c2)cc1. The largest absolute Gasteiger partial charge is 0.507 e. The summed E-state index contributed by atoms with van der Waals surface area (Å²) in [6.07, 6.45) is 0. The number of Topliss-reactive ketones (excluding diaryl/α,β-unsaturated/α-hetero) is 1. The Bertz CT molecular complexity index is 1280. The second-order valence-electron chi connectivity index (χ2n) is 8.37. The van der Waals surface area contributed by atoms with Crippen molar-refractivity contribution >= 4 is 17.4 Å². The maximum absolute atomic E-state index is 13.2. The number of ketones is 1.